The molecule has 1 aromatic heterocycles. The SMILES string of the molecule is O=[N+]([O-])c1cc(Cl)c(Cl)cc1OCc1ccc(Cl)nc1. The molecule has 0 amide bonds. The first kappa shape index (κ1) is 14.8. The van der Waals surface area contributed by atoms with Crippen molar-refractivity contribution in [2.45, 2.75) is 6.61 Å². The molecule has 1 heterocycles. The Morgan fingerprint density at radius 3 is 2.50 bits per heavy atom. The fourth-order valence-electron chi connectivity index (χ4n) is 1.43. The fourth-order valence-corrected chi connectivity index (χ4v) is 1.85. The average Bonchev–Trinajstić information content (AvgIpc) is 2.41. The van der Waals surface area contributed by atoms with Gasteiger partial charge in [0.1, 0.15) is 11.8 Å². The lowest BCUT2D eigenvalue weighted by Gasteiger charge is -2.08. The largest absolute Gasteiger partial charge is 0.482 e. The molecule has 2 rings (SSSR count). The van der Waals surface area contributed by atoms with Crippen LogP contribution in [0.5, 0.6) is 5.75 Å². The highest BCUT2D eigenvalue weighted by Crippen LogP contribution is 2.36. The highest BCUT2D eigenvalue weighted by Gasteiger charge is 2.18. The van der Waals surface area contributed by atoms with Gasteiger partial charge in [0.05, 0.1) is 15.0 Å². The highest BCUT2D eigenvalue weighted by atomic mass is 35.5. The third-order valence-corrected chi connectivity index (χ3v) is 3.33. The second-order valence-electron chi connectivity index (χ2n) is 3.77. The molecule has 8 heteroatoms. The zero-order valence-electron chi connectivity index (χ0n) is 9.85. The van der Waals surface area contributed by atoms with E-state index in [1.54, 1.807) is 12.1 Å². The zero-order valence-corrected chi connectivity index (χ0v) is 12.1. The second kappa shape index (κ2) is 6.26. The van der Waals surface area contributed by atoms with Crippen LogP contribution in [0.3, 0.4) is 0 Å². The zero-order chi connectivity index (χ0) is 14.7. The molecule has 5 nitrogen and oxygen atoms in total. The molecule has 0 bridgehead atoms. The molecule has 0 saturated carbocycles. The molecule has 0 radical (unpaired) electrons. The Hall–Kier alpha value is -1.56. The number of rotatable bonds is 4. The summed E-state index contributed by atoms with van der Waals surface area (Å²) in [6.45, 7) is 0.100. The molecule has 0 spiro atoms. The molecule has 1 aromatic carbocycles. The van der Waals surface area contributed by atoms with Crippen molar-refractivity contribution >= 4 is 40.5 Å². The van der Waals surface area contributed by atoms with Crippen LogP contribution < -0.4 is 4.74 Å². The van der Waals surface area contributed by atoms with E-state index < -0.39 is 4.92 Å². The number of benzene rings is 1. The topological polar surface area (TPSA) is 65.3 Å². The van der Waals surface area contributed by atoms with Gasteiger partial charge in [-0.3, -0.25) is 10.1 Å². The van der Waals surface area contributed by atoms with Gasteiger partial charge in [0.15, 0.2) is 5.75 Å². The predicted octanol–water partition coefficient (Wildman–Crippen LogP) is 4.53. The Morgan fingerprint density at radius 1 is 1.20 bits per heavy atom. The Labute approximate surface area is 129 Å². The van der Waals surface area contributed by atoms with E-state index in [-0.39, 0.29) is 28.1 Å². The maximum absolute atomic E-state index is 10.9. The van der Waals surface area contributed by atoms with Crippen molar-refractivity contribution in [3.05, 3.63) is 61.3 Å². The molecular formula is C12H7Cl3N2O3. The quantitative estimate of drug-likeness (QED) is 0.468. The average molecular weight is 334 g/mol. The number of halogens is 3. The van der Waals surface area contributed by atoms with Gasteiger partial charge in [-0.25, -0.2) is 4.98 Å². The number of aromatic nitrogens is 1. The van der Waals surface area contributed by atoms with E-state index in [2.05, 4.69) is 4.98 Å². The molecule has 0 unspecified atom stereocenters. The summed E-state index contributed by atoms with van der Waals surface area (Å²) in [7, 11) is 0. The van der Waals surface area contributed by atoms with Crippen molar-refractivity contribution in [3.8, 4) is 5.75 Å². The minimum absolute atomic E-state index is 0.0411. The fraction of sp³-hybridized carbons (Fsp3) is 0.0833. The van der Waals surface area contributed by atoms with Gasteiger partial charge in [-0.1, -0.05) is 40.9 Å². The van der Waals surface area contributed by atoms with Gasteiger partial charge in [0, 0.05) is 23.9 Å². The van der Waals surface area contributed by atoms with Crippen LogP contribution in [-0.4, -0.2) is 9.91 Å². The van der Waals surface area contributed by atoms with Crippen LogP contribution in [0.1, 0.15) is 5.56 Å². The van der Waals surface area contributed by atoms with E-state index in [4.69, 9.17) is 39.5 Å². The molecule has 20 heavy (non-hydrogen) atoms. The normalized spacial score (nSPS) is 10.3. The van der Waals surface area contributed by atoms with E-state index in [0.717, 1.165) is 11.6 Å². The molecule has 0 saturated heterocycles. The summed E-state index contributed by atoms with van der Waals surface area (Å²) in [5.74, 6) is 0.0411. The summed E-state index contributed by atoms with van der Waals surface area (Å²) in [6, 6.07) is 5.77. The van der Waals surface area contributed by atoms with Crippen molar-refractivity contribution < 1.29 is 9.66 Å². The number of hydrogen-bond acceptors (Lipinski definition) is 4. The number of pyridine rings is 1. The van der Waals surface area contributed by atoms with Gasteiger partial charge in [-0.15, -0.1) is 0 Å². The molecule has 104 valence electrons. The van der Waals surface area contributed by atoms with E-state index in [9.17, 15) is 10.1 Å². The molecular weight excluding hydrogens is 327 g/mol. The lowest BCUT2D eigenvalue weighted by molar-refractivity contribution is -0.385. The molecule has 0 N–H and O–H groups in total. The molecule has 2 aromatic rings. The lowest BCUT2D eigenvalue weighted by atomic mass is 10.3. The standard InChI is InChI=1S/C12H7Cl3N2O3/c13-8-3-10(17(18)19)11(4-9(8)14)20-6-7-1-2-12(15)16-5-7/h1-5H,6H2. The summed E-state index contributed by atoms with van der Waals surface area (Å²) in [5, 5.41) is 11.6. The number of ether oxygens (including phenoxy) is 1. The number of nitro groups is 1. The maximum atomic E-state index is 10.9. The van der Waals surface area contributed by atoms with E-state index in [0.29, 0.717) is 5.15 Å². The Morgan fingerprint density at radius 2 is 1.90 bits per heavy atom. The molecule has 0 aliphatic carbocycles. The summed E-state index contributed by atoms with van der Waals surface area (Å²) < 4.78 is 5.39. The van der Waals surface area contributed by atoms with E-state index >= 15 is 0 Å². The van der Waals surface area contributed by atoms with Crippen LogP contribution in [0.4, 0.5) is 5.69 Å². The van der Waals surface area contributed by atoms with Crippen LogP contribution >= 0.6 is 34.8 Å². The van der Waals surface area contributed by atoms with Crippen molar-refractivity contribution in [2.24, 2.45) is 0 Å². The smallest absolute Gasteiger partial charge is 0.312 e. The molecule has 0 aliphatic rings. The van der Waals surface area contributed by atoms with Gasteiger partial charge < -0.3 is 4.74 Å². The third kappa shape index (κ3) is 3.50. The van der Waals surface area contributed by atoms with Gasteiger partial charge in [0.2, 0.25) is 0 Å². The molecule has 0 atom stereocenters. The van der Waals surface area contributed by atoms with Crippen LogP contribution in [0, 0.1) is 10.1 Å². The summed E-state index contributed by atoms with van der Waals surface area (Å²) in [6.07, 6.45) is 1.52. The minimum Gasteiger partial charge on any atom is -0.482 e. The monoisotopic (exact) mass is 332 g/mol. The Bertz CT molecular complexity index is 647. The number of nitro benzene ring substituents is 1. The van der Waals surface area contributed by atoms with E-state index in [1.165, 1.54) is 12.3 Å². The Kier molecular flexibility index (Phi) is 4.65. The van der Waals surface area contributed by atoms with Crippen LogP contribution in [0.25, 0.3) is 0 Å². The number of hydrogen-bond donors (Lipinski definition) is 0. The van der Waals surface area contributed by atoms with Crippen molar-refractivity contribution in [1.29, 1.82) is 0 Å². The molecule has 0 aliphatic heterocycles. The highest BCUT2D eigenvalue weighted by molar-refractivity contribution is 6.42. The van der Waals surface area contributed by atoms with Gasteiger partial charge in [-0.05, 0) is 6.07 Å². The first-order valence-electron chi connectivity index (χ1n) is 5.34. The van der Waals surface area contributed by atoms with E-state index in [1.807, 2.05) is 0 Å². The first-order chi connectivity index (χ1) is 9.47. The van der Waals surface area contributed by atoms with Crippen molar-refractivity contribution in [2.75, 3.05) is 0 Å². The predicted molar refractivity (Wildman–Crippen MR) is 76.7 cm³/mol. The van der Waals surface area contributed by atoms with Gasteiger partial charge in [-0.2, -0.15) is 0 Å². The summed E-state index contributed by atoms with van der Waals surface area (Å²) in [4.78, 5) is 14.2. The van der Waals surface area contributed by atoms with Gasteiger partial charge in [0.25, 0.3) is 0 Å². The molecule has 0 fully saturated rings. The maximum Gasteiger partial charge on any atom is 0.312 e. The van der Waals surface area contributed by atoms with Crippen LogP contribution in [-0.2, 0) is 6.61 Å². The van der Waals surface area contributed by atoms with Crippen molar-refractivity contribution in [1.82, 2.24) is 4.98 Å². The van der Waals surface area contributed by atoms with Gasteiger partial charge >= 0.3 is 5.69 Å². The van der Waals surface area contributed by atoms with Crippen LogP contribution in [0.2, 0.25) is 15.2 Å². The second-order valence-corrected chi connectivity index (χ2v) is 4.97. The minimum atomic E-state index is -0.586. The third-order valence-electron chi connectivity index (χ3n) is 2.38. The van der Waals surface area contributed by atoms with Crippen molar-refractivity contribution in [3.63, 3.8) is 0 Å². The Balaban J connectivity index is 2.22. The number of nitrogens with zero attached hydrogens (tertiary/aromatic N) is 2. The summed E-state index contributed by atoms with van der Waals surface area (Å²) >= 11 is 17.2. The summed E-state index contributed by atoms with van der Waals surface area (Å²) in [5.41, 5.74) is 0.469. The van der Waals surface area contributed by atoms with Crippen LogP contribution in [0.15, 0.2) is 30.5 Å². The first-order valence-corrected chi connectivity index (χ1v) is 6.47. The lowest BCUT2D eigenvalue weighted by Crippen LogP contribution is -2.00.